The summed E-state index contributed by atoms with van der Waals surface area (Å²) >= 11 is 18.9. The van der Waals surface area contributed by atoms with E-state index in [4.69, 9.17) is 44.3 Å². The van der Waals surface area contributed by atoms with E-state index in [0.717, 1.165) is 40.3 Å². The van der Waals surface area contributed by atoms with Crippen molar-refractivity contribution in [1.29, 1.82) is 0 Å². The third-order valence-corrected chi connectivity index (χ3v) is 7.09. The van der Waals surface area contributed by atoms with E-state index in [0.29, 0.717) is 34.2 Å². The van der Waals surface area contributed by atoms with E-state index < -0.39 is 0 Å². The number of ether oxygens (including phenoxy) is 2. The maximum atomic E-state index is 6.58. The van der Waals surface area contributed by atoms with Crippen LogP contribution in [0, 0.1) is 5.92 Å². The maximum absolute atomic E-state index is 6.58. The molecule has 0 fully saturated rings. The Morgan fingerprint density at radius 1 is 0.909 bits per heavy atom. The molecule has 3 aromatic rings. The van der Waals surface area contributed by atoms with E-state index in [1.54, 1.807) is 6.07 Å². The topological polar surface area (TPSA) is 30.5 Å². The Hall–Kier alpha value is -2.33. The lowest BCUT2D eigenvalue weighted by atomic mass is 9.77. The third-order valence-electron chi connectivity index (χ3n) is 6.32. The van der Waals surface area contributed by atoms with Gasteiger partial charge in [0, 0.05) is 16.0 Å². The van der Waals surface area contributed by atoms with E-state index in [1.807, 2.05) is 43.3 Å². The molecule has 0 saturated heterocycles. The number of hydrogen-bond donors (Lipinski definition) is 1. The normalized spacial score (nSPS) is 20.7. The van der Waals surface area contributed by atoms with Gasteiger partial charge < -0.3 is 14.8 Å². The molecule has 33 heavy (non-hydrogen) atoms. The molecule has 1 N–H and O–H groups in total. The number of nitrogens with one attached hydrogen (secondary N) is 1. The number of hydrogen-bond acceptors (Lipinski definition) is 3. The molecule has 0 unspecified atom stereocenters. The van der Waals surface area contributed by atoms with Gasteiger partial charge in [0.2, 0.25) is 0 Å². The summed E-state index contributed by atoms with van der Waals surface area (Å²) in [6, 6.07) is 17.8. The number of rotatable bonds is 6. The molecule has 1 aliphatic heterocycles. The highest BCUT2D eigenvalue weighted by molar-refractivity contribution is 6.36. The first-order valence-corrected chi connectivity index (χ1v) is 12.2. The largest absolute Gasteiger partial charge is 0.490 e. The molecule has 170 valence electrons. The molecule has 1 aliphatic carbocycles. The SMILES string of the molecule is CCOc1cc([C@@H]2Nc3c(Cl)cc(Cl)cc3[C@@H]3C=CC[C@@H]32)ccc1OCc1ccc(Cl)cc1. The smallest absolute Gasteiger partial charge is 0.161 e. The van der Waals surface area contributed by atoms with Gasteiger partial charge in [-0.1, -0.05) is 65.2 Å². The summed E-state index contributed by atoms with van der Waals surface area (Å²) in [5.74, 6) is 2.11. The first-order chi connectivity index (χ1) is 16.0. The molecule has 3 nitrogen and oxygen atoms in total. The van der Waals surface area contributed by atoms with Crippen molar-refractivity contribution in [2.45, 2.75) is 31.9 Å². The van der Waals surface area contributed by atoms with E-state index in [1.165, 1.54) is 0 Å². The summed E-state index contributed by atoms with van der Waals surface area (Å²) in [5.41, 5.74) is 4.31. The molecule has 5 rings (SSSR count). The minimum absolute atomic E-state index is 0.0979. The Kier molecular flexibility index (Phi) is 6.47. The predicted octanol–water partition coefficient (Wildman–Crippen LogP) is 8.45. The molecule has 3 aromatic carbocycles. The van der Waals surface area contributed by atoms with Crippen LogP contribution in [0.25, 0.3) is 0 Å². The van der Waals surface area contributed by atoms with Crippen LogP contribution in [0.3, 0.4) is 0 Å². The molecule has 0 bridgehead atoms. The number of fused-ring (bicyclic) bond motifs is 3. The summed E-state index contributed by atoms with van der Waals surface area (Å²) in [6.07, 6.45) is 5.52. The Balaban J connectivity index is 1.44. The Morgan fingerprint density at radius 3 is 2.52 bits per heavy atom. The molecule has 1 heterocycles. The zero-order valence-electron chi connectivity index (χ0n) is 18.2. The average Bonchev–Trinajstić information content (AvgIpc) is 3.29. The van der Waals surface area contributed by atoms with Gasteiger partial charge >= 0.3 is 0 Å². The van der Waals surface area contributed by atoms with Gasteiger partial charge in [0.05, 0.1) is 23.4 Å². The number of allylic oxidation sites excluding steroid dienone is 2. The van der Waals surface area contributed by atoms with Gasteiger partial charge in [0.1, 0.15) is 6.61 Å². The maximum Gasteiger partial charge on any atom is 0.161 e. The molecular weight excluding hydrogens is 477 g/mol. The van der Waals surface area contributed by atoms with Crippen molar-refractivity contribution in [2.24, 2.45) is 5.92 Å². The van der Waals surface area contributed by atoms with Gasteiger partial charge in [-0.2, -0.15) is 0 Å². The van der Waals surface area contributed by atoms with Crippen LogP contribution < -0.4 is 14.8 Å². The van der Waals surface area contributed by atoms with Crippen LogP contribution in [-0.2, 0) is 6.61 Å². The second-order valence-electron chi connectivity index (χ2n) is 8.38. The van der Waals surface area contributed by atoms with Crippen LogP contribution >= 0.6 is 34.8 Å². The summed E-state index contributed by atoms with van der Waals surface area (Å²) < 4.78 is 12.1. The van der Waals surface area contributed by atoms with Gasteiger partial charge in [-0.05, 0) is 72.4 Å². The highest BCUT2D eigenvalue weighted by Gasteiger charge is 2.39. The fourth-order valence-electron chi connectivity index (χ4n) is 4.80. The lowest BCUT2D eigenvalue weighted by Gasteiger charge is -2.38. The Labute approximate surface area is 209 Å². The van der Waals surface area contributed by atoms with Gasteiger partial charge in [-0.3, -0.25) is 0 Å². The Bertz CT molecular complexity index is 1190. The van der Waals surface area contributed by atoms with Crippen LogP contribution in [0.5, 0.6) is 11.5 Å². The number of halogens is 3. The fourth-order valence-corrected chi connectivity index (χ4v) is 5.49. The van der Waals surface area contributed by atoms with E-state index >= 15 is 0 Å². The number of benzene rings is 3. The minimum atomic E-state index is 0.0979. The molecule has 0 amide bonds. The van der Waals surface area contributed by atoms with Crippen molar-refractivity contribution in [3.05, 3.63) is 98.5 Å². The van der Waals surface area contributed by atoms with Crippen molar-refractivity contribution in [3.63, 3.8) is 0 Å². The quantitative estimate of drug-likeness (QED) is 0.344. The monoisotopic (exact) mass is 499 g/mol. The van der Waals surface area contributed by atoms with Gasteiger partial charge in [-0.25, -0.2) is 0 Å². The van der Waals surface area contributed by atoms with Crippen LogP contribution in [0.1, 0.15) is 42.0 Å². The molecule has 0 aromatic heterocycles. The zero-order chi connectivity index (χ0) is 22.9. The second kappa shape index (κ2) is 9.50. The van der Waals surface area contributed by atoms with Gasteiger partial charge in [-0.15, -0.1) is 0 Å². The van der Waals surface area contributed by atoms with Crippen LogP contribution in [0.4, 0.5) is 5.69 Å². The Morgan fingerprint density at radius 2 is 1.73 bits per heavy atom. The van der Waals surface area contributed by atoms with Gasteiger partial charge in [0.15, 0.2) is 11.5 Å². The standard InChI is InChI=1S/C27H24Cl3NO2/c1-2-32-25-12-17(8-11-24(25)33-15-16-6-9-18(28)10-7-16)26-21-5-3-4-20(21)22-13-19(29)14-23(30)27(22)31-26/h3-4,6-14,20-21,26,31H,2,5,15H2,1H3/t20-,21+,26+/m1/s1. The lowest BCUT2D eigenvalue weighted by Crippen LogP contribution is -2.29. The molecule has 0 radical (unpaired) electrons. The van der Waals surface area contributed by atoms with Crippen molar-refractivity contribution in [3.8, 4) is 11.5 Å². The lowest BCUT2D eigenvalue weighted by molar-refractivity contribution is 0.268. The van der Waals surface area contributed by atoms with Crippen LogP contribution in [0.15, 0.2) is 66.7 Å². The van der Waals surface area contributed by atoms with Crippen molar-refractivity contribution in [1.82, 2.24) is 0 Å². The number of anilines is 1. The first kappa shape index (κ1) is 22.5. The molecule has 2 aliphatic rings. The second-order valence-corrected chi connectivity index (χ2v) is 9.66. The van der Waals surface area contributed by atoms with Crippen molar-refractivity contribution < 1.29 is 9.47 Å². The minimum Gasteiger partial charge on any atom is -0.490 e. The summed E-state index contributed by atoms with van der Waals surface area (Å²) in [5, 5.41) is 5.72. The van der Waals surface area contributed by atoms with E-state index in [-0.39, 0.29) is 12.0 Å². The summed E-state index contributed by atoms with van der Waals surface area (Å²) in [7, 11) is 0. The highest BCUT2D eigenvalue weighted by Crippen LogP contribution is 2.52. The average molecular weight is 501 g/mol. The first-order valence-electron chi connectivity index (χ1n) is 11.1. The molecule has 0 saturated carbocycles. The fraction of sp³-hybridized carbons (Fsp3) is 0.259. The molecular formula is C27H24Cl3NO2. The van der Waals surface area contributed by atoms with Crippen molar-refractivity contribution >= 4 is 40.5 Å². The third kappa shape index (κ3) is 4.55. The predicted molar refractivity (Wildman–Crippen MR) is 136 cm³/mol. The van der Waals surface area contributed by atoms with Gasteiger partial charge in [0.25, 0.3) is 0 Å². The summed E-state index contributed by atoms with van der Waals surface area (Å²) in [4.78, 5) is 0. The van der Waals surface area contributed by atoms with E-state index in [2.05, 4.69) is 29.6 Å². The molecule has 3 atom stereocenters. The van der Waals surface area contributed by atoms with Crippen LogP contribution in [-0.4, -0.2) is 6.61 Å². The highest BCUT2D eigenvalue weighted by atomic mass is 35.5. The van der Waals surface area contributed by atoms with Crippen molar-refractivity contribution in [2.75, 3.05) is 11.9 Å². The van der Waals surface area contributed by atoms with E-state index in [9.17, 15) is 0 Å². The summed E-state index contributed by atoms with van der Waals surface area (Å²) in [6.45, 7) is 2.97. The zero-order valence-corrected chi connectivity index (χ0v) is 20.4. The van der Waals surface area contributed by atoms with Crippen LogP contribution in [0.2, 0.25) is 15.1 Å². The molecule has 0 spiro atoms. The molecule has 6 heteroatoms.